The largest absolute Gasteiger partial charge is 0.436 e. The highest BCUT2D eigenvalue weighted by Gasteiger charge is 2.11. The van der Waals surface area contributed by atoms with Crippen LogP contribution in [0.4, 0.5) is 5.69 Å². The van der Waals surface area contributed by atoms with Gasteiger partial charge in [-0.2, -0.15) is 0 Å². The van der Waals surface area contributed by atoms with Gasteiger partial charge >= 0.3 is 0 Å². The maximum absolute atomic E-state index is 5.92. The number of hydrogen-bond donors (Lipinski definition) is 1. The average molecular weight is 324 g/mol. The van der Waals surface area contributed by atoms with Crippen LogP contribution in [-0.4, -0.2) is 4.98 Å². The number of nitrogens with two attached hydrogens (primary N) is 1. The van der Waals surface area contributed by atoms with Crippen molar-refractivity contribution >= 4 is 44.3 Å². The lowest BCUT2D eigenvalue weighted by atomic mass is 10.2. The van der Waals surface area contributed by atoms with E-state index >= 15 is 0 Å². The summed E-state index contributed by atoms with van der Waals surface area (Å²) in [5, 5.41) is 0.638. The lowest BCUT2D eigenvalue weighted by Gasteiger charge is -2.00. The van der Waals surface area contributed by atoms with Gasteiger partial charge in [0.25, 0.3) is 0 Å². The number of aromatic nitrogens is 1. The number of oxazole rings is 1. The first kappa shape index (κ1) is 11.6. The van der Waals surface area contributed by atoms with E-state index in [1.54, 1.807) is 18.2 Å². The van der Waals surface area contributed by atoms with E-state index in [0.717, 1.165) is 15.6 Å². The molecule has 3 rings (SSSR count). The highest BCUT2D eigenvalue weighted by molar-refractivity contribution is 9.10. The van der Waals surface area contributed by atoms with Gasteiger partial charge in [-0.1, -0.05) is 11.6 Å². The Hall–Kier alpha value is -1.52. The van der Waals surface area contributed by atoms with Crippen molar-refractivity contribution in [2.75, 3.05) is 5.73 Å². The van der Waals surface area contributed by atoms with Gasteiger partial charge in [0, 0.05) is 15.2 Å². The van der Waals surface area contributed by atoms with Crippen LogP contribution in [0.2, 0.25) is 5.02 Å². The number of rotatable bonds is 1. The summed E-state index contributed by atoms with van der Waals surface area (Å²) in [6.45, 7) is 0. The number of nitrogen functional groups attached to an aromatic ring is 1. The van der Waals surface area contributed by atoms with Crippen LogP contribution in [0.1, 0.15) is 0 Å². The van der Waals surface area contributed by atoms with E-state index in [9.17, 15) is 0 Å². The molecule has 0 aliphatic rings. The molecule has 0 saturated heterocycles. The Morgan fingerprint density at radius 1 is 1.17 bits per heavy atom. The van der Waals surface area contributed by atoms with Gasteiger partial charge in [-0.15, -0.1) is 0 Å². The van der Waals surface area contributed by atoms with E-state index in [-0.39, 0.29) is 0 Å². The molecule has 0 amide bonds. The topological polar surface area (TPSA) is 52.0 Å². The third kappa shape index (κ3) is 1.98. The van der Waals surface area contributed by atoms with Gasteiger partial charge in [-0.05, 0) is 52.3 Å². The summed E-state index contributed by atoms with van der Waals surface area (Å²) in [7, 11) is 0. The Morgan fingerprint density at radius 3 is 2.78 bits per heavy atom. The van der Waals surface area contributed by atoms with Gasteiger partial charge < -0.3 is 10.2 Å². The van der Waals surface area contributed by atoms with Crippen LogP contribution in [0.3, 0.4) is 0 Å². The maximum atomic E-state index is 5.92. The molecule has 0 atom stereocenters. The van der Waals surface area contributed by atoms with Gasteiger partial charge in [-0.3, -0.25) is 0 Å². The summed E-state index contributed by atoms with van der Waals surface area (Å²) in [4.78, 5) is 4.41. The highest BCUT2D eigenvalue weighted by atomic mass is 79.9. The van der Waals surface area contributed by atoms with Crippen molar-refractivity contribution in [1.29, 1.82) is 0 Å². The zero-order chi connectivity index (χ0) is 12.7. The van der Waals surface area contributed by atoms with Crippen molar-refractivity contribution < 1.29 is 4.42 Å². The number of benzene rings is 2. The fourth-order valence-corrected chi connectivity index (χ4v) is 2.45. The smallest absolute Gasteiger partial charge is 0.228 e. The lowest BCUT2D eigenvalue weighted by Crippen LogP contribution is -1.86. The Labute approximate surface area is 117 Å². The maximum Gasteiger partial charge on any atom is 0.228 e. The average Bonchev–Trinajstić information content (AvgIpc) is 2.71. The summed E-state index contributed by atoms with van der Waals surface area (Å²) in [6.07, 6.45) is 0. The summed E-state index contributed by atoms with van der Waals surface area (Å²) in [5.74, 6) is 0.541. The van der Waals surface area contributed by atoms with Gasteiger partial charge in [0.2, 0.25) is 5.89 Å². The molecule has 1 aromatic heterocycles. The zero-order valence-electron chi connectivity index (χ0n) is 9.15. The second kappa shape index (κ2) is 4.30. The van der Waals surface area contributed by atoms with E-state index in [1.807, 2.05) is 18.2 Å². The van der Waals surface area contributed by atoms with Crippen molar-refractivity contribution in [2.45, 2.75) is 0 Å². The molecule has 0 radical (unpaired) electrons. The van der Waals surface area contributed by atoms with Gasteiger partial charge in [-0.25, -0.2) is 4.98 Å². The third-order valence-electron chi connectivity index (χ3n) is 2.57. The molecule has 0 fully saturated rings. The molecule has 2 aromatic carbocycles. The second-order valence-electron chi connectivity index (χ2n) is 3.87. The normalized spacial score (nSPS) is 11.0. The minimum atomic E-state index is 0.541. The van der Waals surface area contributed by atoms with Crippen molar-refractivity contribution in [2.24, 2.45) is 0 Å². The van der Waals surface area contributed by atoms with Crippen LogP contribution in [0.5, 0.6) is 0 Å². The Balaban J connectivity index is 2.19. The van der Waals surface area contributed by atoms with Gasteiger partial charge in [0.1, 0.15) is 5.52 Å². The van der Waals surface area contributed by atoms with E-state index in [4.69, 9.17) is 21.8 Å². The predicted octanol–water partition coefficient (Wildman–Crippen LogP) is 4.49. The van der Waals surface area contributed by atoms with Gasteiger partial charge in [0.05, 0.1) is 5.56 Å². The van der Waals surface area contributed by atoms with E-state index in [0.29, 0.717) is 22.2 Å². The number of anilines is 1. The molecule has 0 unspecified atom stereocenters. The highest BCUT2D eigenvalue weighted by Crippen LogP contribution is 2.32. The molecule has 0 spiro atoms. The monoisotopic (exact) mass is 322 g/mol. The van der Waals surface area contributed by atoms with Crippen molar-refractivity contribution in [3.63, 3.8) is 0 Å². The molecule has 0 aliphatic heterocycles. The van der Waals surface area contributed by atoms with Crippen LogP contribution in [-0.2, 0) is 0 Å². The first-order valence-corrected chi connectivity index (χ1v) is 6.42. The van der Waals surface area contributed by atoms with Crippen LogP contribution >= 0.6 is 27.5 Å². The molecule has 3 aromatic rings. The molecule has 1 heterocycles. The van der Waals surface area contributed by atoms with Crippen molar-refractivity contribution in [3.8, 4) is 11.5 Å². The van der Waals surface area contributed by atoms with E-state index in [1.165, 1.54) is 0 Å². The number of fused-ring (bicyclic) bond motifs is 1. The fraction of sp³-hybridized carbons (Fsp3) is 0. The van der Waals surface area contributed by atoms with Gasteiger partial charge in [0.15, 0.2) is 5.58 Å². The van der Waals surface area contributed by atoms with Crippen molar-refractivity contribution in [3.05, 3.63) is 45.9 Å². The molecule has 3 nitrogen and oxygen atoms in total. The first-order valence-electron chi connectivity index (χ1n) is 5.25. The summed E-state index contributed by atoms with van der Waals surface area (Å²) in [6, 6.07) is 10.8. The SMILES string of the molecule is Nc1ccc(-c2nc3cc(Cl)ccc3o2)c(Br)c1. The fourth-order valence-electron chi connectivity index (χ4n) is 1.72. The zero-order valence-corrected chi connectivity index (χ0v) is 11.5. The number of nitrogens with zero attached hydrogens (tertiary/aromatic N) is 1. The quantitative estimate of drug-likeness (QED) is 0.671. The van der Waals surface area contributed by atoms with Crippen LogP contribution < -0.4 is 5.73 Å². The molecule has 18 heavy (non-hydrogen) atoms. The first-order chi connectivity index (χ1) is 8.63. The summed E-state index contributed by atoms with van der Waals surface area (Å²) < 4.78 is 6.54. The molecule has 5 heteroatoms. The van der Waals surface area contributed by atoms with Crippen LogP contribution in [0.25, 0.3) is 22.6 Å². The Kier molecular flexibility index (Phi) is 2.76. The summed E-state index contributed by atoms with van der Waals surface area (Å²) in [5.41, 5.74) is 8.69. The van der Waals surface area contributed by atoms with Crippen molar-refractivity contribution in [1.82, 2.24) is 4.98 Å². The number of halogens is 2. The minimum absolute atomic E-state index is 0.541. The van der Waals surface area contributed by atoms with Crippen LogP contribution in [0.15, 0.2) is 45.3 Å². The third-order valence-corrected chi connectivity index (χ3v) is 3.46. The minimum Gasteiger partial charge on any atom is -0.436 e. The molecule has 90 valence electrons. The molecule has 0 aliphatic carbocycles. The second-order valence-corrected chi connectivity index (χ2v) is 5.16. The number of hydrogen-bond acceptors (Lipinski definition) is 3. The molecular formula is C13H8BrClN2O. The molecule has 2 N–H and O–H groups in total. The molecular weight excluding hydrogens is 316 g/mol. The summed E-state index contributed by atoms with van der Waals surface area (Å²) >= 11 is 9.37. The van der Waals surface area contributed by atoms with Crippen LogP contribution in [0, 0.1) is 0 Å². The van der Waals surface area contributed by atoms with E-state index in [2.05, 4.69) is 20.9 Å². The standard InChI is InChI=1S/C13H8BrClN2O/c14-10-6-8(16)2-3-9(10)13-17-11-5-7(15)1-4-12(11)18-13/h1-6H,16H2. The molecule has 0 bridgehead atoms. The lowest BCUT2D eigenvalue weighted by molar-refractivity contribution is 0.619. The Bertz CT molecular complexity index is 739. The predicted molar refractivity (Wildman–Crippen MR) is 76.6 cm³/mol. The Morgan fingerprint density at radius 2 is 2.00 bits per heavy atom. The molecule has 0 saturated carbocycles. The van der Waals surface area contributed by atoms with E-state index < -0.39 is 0 Å².